The van der Waals surface area contributed by atoms with Crippen LogP contribution >= 0.6 is 11.6 Å². The van der Waals surface area contributed by atoms with Crippen LogP contribution in [0.3, 0.4) is 0 Å². The van der Waals surface area contributed by atoms with E-state index in [0.717, 1.165) is 24.2 Å². The smallest absolute Gasteiger partial charge is 0.137 e. The van der Waals surface area contributed by atoms with E-state index in [1.54, 1.807) is 6.26 Å². The van der Waals surface area contributed by atoms with Gasteiger partial charge < -0.3 is 5.32 Å². The molecule has 1 heterocycles. The van der Waals surface area contributed by atoms with E-state index in [1.165, 1.54) is 6.33 Å². The van der Waals surface area contributed by atoms with Gasteiger partial charge in [-0.25, -0.2) is 9.97 Å². The maximum absolute atomic E-state index is 11.3. The molecular formula is C11H18ClN3OS. The molecule has 1 aromatic rings. The number of hydrogen-bond donors (Lipinski definition) is 1. The molecule has 0 amide bonds. The molecule has 0 saturated heterocycles. The lowest BCUT2D eigenvalue weighted by Crippen LogP contribution is -2.21. The Balaban J connectivity index is 2.76. The standard InChI is InChI=1S/C11H18ClN3OS/c1-4-5-9-10(12)14-7-15-11(9)13-6-8(2)17(3)16/h7-8H,4-6H2,1-3H3,(H,13,14,15). The van der Waals surface area contributed by atoms with Gasteiger partial charge in [0.15, 0.2) is 0 Å². The van der Waals surface area contributed by atoms with Crippen molar-refractivity contribution in [2.45, 2.75) is 31.9 Å². The van der Waals surface area contributed by atoms with Gasteiger partial charge >= 0.3 is 0 Å². The normalized spacial score (nSPS) is 14.4. The van der Waals surface area contributed by atoms with Crippen LogP contribution in [-0.2, 0) is 17.2 Å². The summed E-state index contributed by atoms with van der Waals surface area (Å²) in [4.78, 5) is 8.16. The first-order valence-corrected chi connectivity index (χ1v) is 7.61. The van der Waals surface area contributed by atoms with E-state index in [0.29, 0.717) is 11.7 Å². The van der Waals surface area contributed by atoms with Crippen molar-refractivity contribution in [3.63, 3.8) is 0 Å². The molecule has 4 nitrogen and oxygen atoms in total. The molecule has 0 aromatic carbocycles. The molecule has 1 N–H and O–H groups in total. The highest BCUT2D eigenvalue weighted by molar-refractivity contribution is 7.84. The molecule has 0 fully saturated rings. The SMILES string of the molecule is CCCc1c(Cl)ncnc1NCC(C)S(C)=O. The highest BCUT2D eigenvalue weighted by atomic mass is 35.5. The molecule has 0 bridgehead atoms. The number of nitrogens with one attached hydrogen (secondary N) is 1. The molecule has 6 heteroatoms. The van der Waals surface area contributed by atoms with Crippen molar-refractivity contribution >= 4 is 28.2 Å². The van der Waals surface area contributed by atoms with Crippen molar-refractivity contribution in [2.24, 2.45) is 0 Å². The van der Waals surface area contributed by atoms with E-state index in [-0.39, 0.29) is 5.25 Å². The second kappa shape index (κ2) is 6.91. The van der Waals surface area contributed by atoms with E-state index in [4.69, 9.17) is 11.6 Å². The summed E-state index contributed by atoms with van der Waals surface area (Å²) in [5.74, 6) is 0.754. The van der Waals surface area contributed by atoms with Crippen molar-refractivity contribution in [2.75, 3.05) is 18.1 Å². The van der Waals surface area contributed by atoms with Crippen molar-refractivity contribution in [1.29, 1.82) is 0 Å². The Morgan fingerprint density at radius 1 is 1.53 bits per heavy atom. The molecule has 0 aliphatic heterocycles. The number of aromatic nitrogens is 2. The van der Waals surface area contributed by atoms with Crippen LogP contribution in [0, 0.1) is 0 Å². The van der Waals surface area contributed by atoms with Crippen LogP contribution < -0.4 is 5.32 Å². The van der Waals surface area contributed by atoms with Crippen LogP contribution in [0.1, 0.15) is 25.8 Å². The molecule has 0 radical (unpaired) electrons. The van der Waals surface area contributed by atoms with Gasteiger partial charge in [-0.2, -0.15) is 0 Å². The van der Waals surface area contributed by atoms with E-state index in [2.05, 4.69) is 22.2 Å². The minimum Gasteiger partial charge on any atom is -0.369 e. The van der Waals surface area contributed by atoms with Crippen LogP contribution in [0.2, 0.25) is 5.15 Å². The highest BCUT2D eigenvalue weighted by Crippen LogP contribution is 2.21. The lowest BCUT2D eigenvalue weighted by atomic mass is 10.2. The van der Waals surface area contributed by atoms with Crippen LogP contribution in [0.25, 0.3) is 0 Å². The van der Waals surface area contributed by atoms with E-state index >= 15 is 0 Å². The van der Waals surface area contributed by atoms with Gasteiger partial charge in [0.2, 0.25) is 0 Å². The van der Waals surface area contributed by atoms with Crippen molar-refractivity contribution in [3.05, 3.63) is 17.0 Å². The van der Waals surface area contributed by atoms with Crippen molar-refractivity contribution < 1.29 is 4.21 Å². The largest absolute Gasteiger partial charge is 0.369 e. The van der Waals surface area contributed by atoms with Crippen molar-refractivity contribution in [3.8, 4) is 0 Å². The molecule has 96 valence electrons. The van der Waals surface area contributed by atoms with Gasteiger partial charge in [-0.15, -0.1) is 0 Å². The third-order valence-corrected chi connectivity index (χ3v) is 4.14. The zero-order valence-electron chi connectivity index (χ0n) is 10.4. The lowest BCUT2D eigenvalue weighted by Gasteiger charge is -2.13. The molecule has 1 rings (SSSR count). The monoisotopic (exact) mass is 275 g/mol. The zero-order valence-corrected chi connectivity index (χ0v) is 11.9. The molecule has 17 heavy (non-hydrogen) atoms. The Labute approximate surface area is 110 Å². The van der Waals surface area contributed by atoms with Gasteiger partial charge in [0, 0.05) is 34.4 Å². The minimum absolute atomic E-state index is 0.0817. The predicted octanol–water partition coefficient (Wildman–Crippen LogP) is 2.26. The van der Waals surface area contributed by atoms with E-state index < -0.39 is 10.8 Å². The number of hydrogen-bond acceptors (Lipinski definition) is 4. The minimum atomic E-state index is -0.839. The maximum atomic E-state index is 11.3. The number of rotatable bonds is 6. The van der Waals surface area contributed by atoms with Gasteiger partial charge in [0.1, 0.15) is 17.3 Å². The molecule has 1 aromatic heterocycles. The van der Waals surface area contributed by atoms with E-state index in [1.807, 2.05) is 6.92 Å². The van der Waals surface area contributed by atoms with Gasteiger partial charge in [-0.05, 0) is 13.3 Å². The Bertz CT molecular complexity index is 400. The number of nitrogens with zero attached hydrogens (tertiary/aromatic N) is 2. The summed E-state index contributed by atoms with van der Waals surface area (Å²) < 4.78 is 11.3. The molecule has 0 saturated carbocycles. The fraction of sp³-hybridized carbons (Fsp3) is 0.636. The Morgan fingerprint density at radius 2 is 2.24 bits per heavy atom. The van der Waals surface area contributed by atoms with Gasteiger partial charge in [-0.3, -0.25) is 4.21 Å². The molecule has 2 atom stereocenters. The average molecular weight is 276 g/mol. The second-order valence-electron chi connectivity index (χ2n) is 3.93. The summed E-state index contributed by atoms with van der Waals surface area (Å²) in [6.07, 6.45) is 4.96. The van der Waals surface area contributed by atoms with Crippen molar-refractivity contribution in [1.82, 2.24) is 9.97 Å². The van der Waals surface area contributed by atoms with E-state index in [9.17, 15) is 4.21 Å². The van der Waals surface area contributed by atoms with Gasteiger partial charge in [0.25, 0.3) is 0 Å². The summed E-state index contributed by atoms with van der Waals surface area (Å²) >= 11 is 6.03. The summed E-state index contributed by atoms with van der Waals surface area (Å²) in [7, 11) is -0.839. The first-order chi connectivity index (χ1) is 8.06. The summed E-state index contributed by atoms with van der Waals surface area (Å²) in [5, 5.41) is 3.77. The van der Waals surface area contributed by atoms with Crippen LogP contribution in [0.5, 0.6) is 0 Å². The molecule has 0 aliphatic carbocycles. The fourth-order valence-corrected chi connectivity index (χ4v) is 1.92. The first-order valence-electron chi connectivity index (χ1n) is 5.61. The molecular weight excluding hydrogens is 258 g/mol. The summed E-state index contributed by atoms with van der Waals surface area (Å²) in [6, 6.07) is 0. The third-order valence-electron chi connectivity index (χ3n) is 2.52. The van der Waals surface area contributed by atoms with Gasteiger partial charge in [-0.1, -0.05) is 24.9 Å². The molecule has 2 unspecified atom stereocenters. The third kappa shape index (κ3) is 4.24. The lowest BCUT2D eigenvalue weighted by molar-refractivity contribution is 0.678. The first kappa shape index (κ1) is 14.4. The number of anilines is 1. The summed E-state index contributed by atoms with van der Waals surface area (Å²) in [6.45, 7) is 4.63. The maximum Gasteiger partial charge on any atom is 0.137 e. The second-order valence-corrected chi connectivity index (χ2v) is 6.09. The Kier molecular flexibility index (Phi) is 5.85. The quantitative estimate of drug-likeness (QED) is 0.809. The van der Waals surface area contributed by atoms with Crippen LogP contribution in [-0.4, -0.2) is 32.2 Å². The zero-order chi connectivity index (χ0) is 12.8. The summed E-state index contributed by atoms with van der Waals surface area (Å²) in [5.41, 5.74) is 0.936. The topological polar surface area (TPSA) is 54.9 Å². The van der Waals surface area contributed by atoms with Crippen LogP contribution in [0.4, 0.5) is 5.82 Å². The number of halogens is 1. The molecule has 0 aliphatic rings. The average Bonchev–Trinajstić information content (AvgIpc) is 2.29. The highest BCUT2D eigenvalue weighted by Gasteiger charge is 2.11. The van der Waals surface area contributed by atoms with Crippen LogP contribution in [0.15, 0.2) is 6.33 Å². The van der Waals surface area contributed by atoms with Gasteiger partial charge in [0.05, 0.1) is 0 Å². The molecule has 0 spiro atoms. The predicted molar refractivity (Wildman–Crippen MR) is 73.1 cm³/mol. The Morgan fingerprint density at radius 3 is 2.82 bits per heavy atom. The Hall–Kier alpha value is -0.680. The fourth-order valence-electron chi connectivity index (χ4n) is 1.37.